The highest BCUT2D eigenvalue weighted by Crippen LogP contribution is 2.37. The van der Waals surface area contributed by atoms with Gasteiger partial charge in [-0.25, -0.2) is 4.79 Å². The van der Waals surface area contributed by atoms with E-state index in [9.17, 15) is 14.4 Å². The van der Waals surface area contributed by atoms with Gasteiger partial charge in [0, 0.05) is 5.69 Å². The Bertz CT molecular complexity index is 1140. The van der Waals surface area contributed by atoms with E-state index in [-0.39, 0.29) is 25.6 Å². The van der Waals surface area contributed by atoms with Gasteiger partial charge in [-0.2, -0.15) is 0 Å². The molecule has 3 aromatic carbocycles. The van der Waals surface area contributed by atoms with Crippen LogP contribution in [0, 0.1) is 0 Å². The van der Waals surface area contributed by atoms with E-state index in [0.29, 0.717) is 5.69 Å². The minimum absolute atomic E-state index is 0.114. The lowest BCUT2D eigenvalue weighted by atomic mass is 10.1. The standard InChI is InChI=1S/C25H23N3O4/c29-23(14-27-25(31)32-16-17-6-2-1-3-7-17)26-15-24(30)28-20-10-11-22-19(13-20)12-18-8-4-5-9-21(18)22/h1-11,13H,12,14-16H2,(H,26,29)(H,27,31)(H,28,30). The first-order valence-corrected chi connectivity index (χ1v) is 10.3. The van der Waals surface area contributed by atoms with Crippen molar-refractivity contribution >= 4 is 23.6 Å². The van der Waals surface area contributed by atoms with Gasteiger partial charge in [0.1, 0.15) is 13.2 Å². The molecule has 0 saturated carbocycles. The molecule has 3 N–H and O–H groups in total. The molecule has 3 amide bonds. The second-order valence-corrected chi connectivity index (χ2v) is 7.45. The summed E-state index contributed by atoms with van der Waals surface area (Å²) in [6, 6.07) is 23.3. The van der Waals surface area contributed by atoms with Crippen LogP contribution in [-0.2, 0) is 27.4 Å². The summed E-state index contributed by atoms with van der Waals surface area (Å²) >= 11 is 0. The quantitative estimate of drug-likeness (QED) is 0.420. The van der Waals surface area contributed by atoms with Crippen molar-refractivity contribution in [2.45, 2.75) is 13.0 Å². The SMILES string of the molecule is O=C(CNC(=O)OCc1ccccc1)NCC(=O)Nc1ccc2c(c1)Cc1ccccc1-2. The molecule has 0 atom stereocenters. The van der Waals surface area contributed by atoms with Gasteiger partial charge in [-0.15, -0.1) is 0 Å². The van der Waals surface area contributed by atoms with Crippen LogP contribution in [0.4, 0.5) is 10.5 Å². The maximum absolute atomic E-state index is 12.2. The Kier molecular flexibility index (Phi) is 6.46. The highest BCUT2D eigenvalue weighted by Gasteiger charge is 2.18. The van der Waals surface area contributed by atoms with Crippen molar-refractivity contribution in [3.05, 3.63) is 89.5 Å². The average Bonchev–Trinajstić information content (AvgIpc) is 3.18. The number of carbonyl (C=O) groups is 3. The number of nitrogens with one attached hydrogen (secondary N) is 3. The van der Waals surface area contributed by atoms with E-state index in [2.05, 4.69) is 28.1 Å². The summed E-state index contributed by atoms with van der Waals surface area (Å²) in [7, 11) is 0. The molecule has 0 heterocycles. The molecule has 0 aliphatic heterocycles. The maximum Gasteiger partial charge on any atom is 0.407 e. The number of amides is 3. The zero-order valence-corrected chi connectivity index (χ0v) is 17.4. The largest absolute Gasteiger partial charge is 0.445 e. The van der Waals surface area contributed by atoms with Crippen molar-refractivity contribution in [2.24, 2.45) is 0 Å². The van der Waals surface area contributed by atoms with E-state index >= 15 is 0 Å². The number of alkyl carbamates (subject to hydrolysis) is 1. The molecular weight excluding hydrogens is 406 g/mol. The first kappa shape index (κ1) is 21.1. The smallest absolute Gasteiger partial charge is 0.407 e. The number of ether oxygens (including phenoxy) is 1. The third kappa shape index (κ3) is 5.31. The van der Waals surface area contributed by atoms with Crippen molar-refractivity contribution in [1.29, 1.82) is 0 Å². The third-order valence-electron chi connectivity index (χ3n) is 5.13. The molecule has 1 aliphatic carbocycles. The Morgan fingerprint density at radius 1 is 0.750 bits per heavy atom. The van der Waals surface area contributed by atoms with Gasteiger partial charge in [0.15, 0.2) is 0 Å². The third-order valence-corrected chi connectivity index (χ3v) is 5.13. The number of hydrogen-bond acceptors (Lipinski definition) is 4. The average molecular weight is 429 g/mol. The lowest BCUT2D eigenvalue weighted by molar-refractivity contribution is -0.123. The summed E-state index contributed by atoms with van der Waals surface area (Å²) < 4.78 is 5.03. The normalized spacial score (nSPS) is 11.1. The zero-order valence-electron chi connectivity index (χ0n) is 17.4. The van der Waals surface area contributed by atoms with Crippen molar-refractivity contribution in [1.82, 2.24) is 10.6 Å². The van der Waals surface area contributed by atoms with Gasteiger partial charge in [-0.1, -0.05) is 60.7 Å². The van der Waals surface area contributed by atoms with Crippen molar-refractivity contribution < 1.29 is 19.1 Å². The van der Waals surface area contributed by atoms with Crippen molar-refractivity contribution in [2.75, 3.05) is 18.4 Å². The van der Waals surface area contributed by atoms with Crippen LogP contribution in [0.25, 0.3) is 11.1 Å². The van der Waals surface area contributed by atoms with E-state index < -0.39 is 12.0 Å². The summed E-state index contributed by atoms with van der Waals surface area (Å²) in [5.41, 5.74) is 6.36. The minimum Gasteiger partial charge on any atom is -0.445 e. The summed E-state index contributed by atoms with van der Waals surface area (Å²) in [5, 5.41) is 7.63. The number of fused-ring (bicyclic) bond motifs is 3. The fourth-order valence-electron chi connectivity index (χ4n) is 3.60. The van der Waals surface area contributed by atoms with Crippen molar-refractivity contribution in [3.63, 3.8) is 0 Å². The van der Waals surface area contributed by atoms with Crippen LogP contribution in [0.5, 0.6) is 0 Å². The molecule has 7 nitrogen and oxygen atoms in total. The minimum atomic E-state index is -0.701. The molecule has 1 aliphatic rings. The highest BCUT2D eigenvalue weighted by atomic mass is 16.5. The van der Waals surface area contributed by atoms with E-state index in [1.807, 2.05) is 60.7 Å². The zero-order chi connectivity index (χ0) is 22.3. The summed E-state index contributed by atoms with van der Waals surface area (Å²) in [4.78, 5) is 35.8. The Labute approximate surface area is 185 Å². The van der Waals surface area contributed by atoms with Gasteiger partial charge in [-0.05, 0) is 46.4 Å². The lowest BCUT2D eigenvalue weighted by Gasteiger charge is -2.10. The number of benzene rings is 3. The van der Waals surface area contributed by atoms with E-state index in [1.165, 1.54) is 16.7 Å². The number of hydrogen-bond donors (Lipinski definition) is 3. The van der Waals surface area contributed by atoms with Crippen LogP contribution < -0.4 is 16.0 Å². The summed E-state index contributed by atoms with van der Waals surface area (Å²) in [6.07, 6.45) is 0.130. The number of rotatable bonds is 7. The summed E-state index contributed by atoms with van der Waals surface area (Å²) in [5.74, 6) is -0.832. The first-order chi connectivity index (χ1) is 15.6. The molecule has 0 spiro atoms. The predicted octanol–water partition coefficient (Wildman–Crippen LogP) is 3.24. The molecule has 3 aromatic rings. The molecular formula is C25H23N3O4. The lowest BCUT2D eigenvalue weighted by Crippen LogP contribution is -2.40. The van der Waals surface area contributed by atoms with Gasteiger partial charge in [0.2, 0.25) is 11.8 Å². The van der Waals surface area contributed by atoms with Crippen LogP contribution in [-0.4, -0.2) is 31.0 Å². The van der Waals surface area contributed by atoms with Crippen LogP contribution in [0.3, 0.4) is 0 Å². The molecule has 0 fully saturated rings. The molecule has 0 bridgehead atoms. The van der Waals surface area contributed by atoms with Gasteiger partial charge < -0.3 is 20.7 Å². The van der Waals surface area contributed by atoms with E-state index in [0.717, 1.165) is 17.5 Å². The number of carbonyl (C=O) groups excluding carboxylic acids is 3. The first-order valence-electron chi connectivity index (χ1n) is 10.3. The molecule has 0 aromatic heterocycles. The monoisotopic (exact) mass is 429 g/mol. The van der Waals surface area contributed by atoms with Gasteiger partial charge >= 0.3 is 6.09 Å². The second kappa shape index (κ2) is 9.78. The Balaban J connectivity index is 1.18. The van der Waals surface area contributed by atoms with Crippen molar-refractivity contribution in [3.8, 4) is 11.1 Å². The molecule has 0 saturated heterocycles. The molecule has 4 rings (SSSR count). The van der Waals surface area contributed by atoms with Crippen LogP contribution >= 0.6 is 0 Å². The maximum atomic E-state index is 12.2. The molecule has 7 heteroatoms. The summed E-state index contributed by atoms with van der Waals surface area (Å²) in [6.45, 7) is -0.364. The Morgan fingerprint density at radius 3 is 2.31 bits per heavy atom. The fraction of sp³-hybridized carbons (Fsp3) is 0.160. The molecule has 32 heavy (non-hydrogen) atoms. The van der Waals surface area contributed by atoms with Crippen LogP contribution in [0.1, 0.15) is 16.7 Å². The molecule has 0 unspecified atom stereocenters. The fourth-order valence-corrected chi connectivity index (χ4v) is 3.60. The molecule has 162 valence electrons. The van der Waals surface area contributed by atoms with Gasteiger partial charge in [0.05, 0.1) is 6.54 Å². The van der Waals surface area contributed by atoms with E-state index in [1.54, 1.807) is 0 Å². The van der Waals surface area contributed by atoms with Crippen LogP contribution in [0.15, 0.2) is 72.8 Å². The van der Waals surface area contributed by atoms with Gasteiger partial charge in [-0.3, -0.25) is 9.59 Å². The predicted molar refractivity (Wildman–Crippen MR) is 121 cm³/mol. The topological polar surface area (TPSA) is 96.5 Å². The van der Waals surface area contributed by atoms with Crippen LogP contribution in [0.2, 0.25) is 0 Å². The second-order valence-electron chi connectivity index (χ2n) is 7.45. The Hall–Kier alpha value is -4.13. The highest BCUT2D eigenvalue weighted by molar-refractivity contribution is 5.95. The van der Waals surface area contributed by atoms with E-state index in [4.69, 9.17) is 4.74 Å². The molecule has 0 radical (unpaired) electrons. The van der Waals surface area contributed by atoms with Gasteiger partial charge in [0.25, 0.3) is 0 Å². The number of anilines is 1. The Morgan fingerprint density at radius 2 is 1.47 bits per heavy atom.